The summed E-state index contributed by atoms with van der Waals surface area (Å²) in [4.78, 5) is 0.0889. The van der Waals surface area contributed by atoms with Gasteiger partial charge in [0.15, 0.2) is 0 Å². The normalized spacial score (nSPS) is 16.8. The summed E-state index contributed by atoms with van der Waals surface area (Å²) in [6.07, 6.45) is 3.40. The van der Waals surface area contributed by atoms with Crippen molar-refractivity contribution in [3.8, 4) is 0 Å². The molecule has 0 heterocycles. The molecule has 0 bridgehead atoms. The minimum Gasteiger partial charge on any atom is -0.399 e. The number of hydrogen-bond acceptors (Lipinski definition) is 3. The Morgan fingerprint density at radius 2 is 2.11 bits per heavy atom. The molecule has 0 aliphatic heterocycles. The van der Waals surface area contributed by atoms with Gasteiger partial charge in [-0.3, -0.25) is 0 Å². The number of sulfonamides is 1. The average molecular weight is 289 g/mol. The summed E-state index contributed by atoms with van der Waals surface area (Å²) in [5.74, 6) is 0.476. The van der Waals surface area contributed by atoms with Gasteiger partial charge in [0.25, 0.3) is 0 Å². The lowest BCUT2D eigenvalue weighted by atomic mass is 9.86. The average Bonchev–Trinajstić information content (AvgIpc) is 2.26. The van der Waals surface area contributed by atoms with Crippen molar-refractivity contribution in [2.45, 2.75) is 24.2 Å². The molecule has 100 valence electrons. The smallest absolute Gasteiger partial charge is 0.244 e. The van der Waals surface area contributed by atoms with Crippen molar-refractivity contribution in [1.29, 1.82) is 0 Å². The molecule has 4 nitrogen and oxygen atoms in total. The second kappa shape index (κ2) is 5.07. The molecular formula is C12H17ClN2O2S. The van der Waals surface area contributed by atoms with Crippen molar-refractivity contribution in [1.82, 2.24) is 4.31 Å². The maximum atomic E-state index is 12.4. The summed E-state index contributed by atoms with van der Waals surface area (Å²) in [7, 11) is -1.95. The van der Waals surface area contributed by atoms with Crippen LogP contribution in [0.1, 0.15) is 19.3 Å². The van der Waals surface area contributed by atoms with Crippen molar-refractivity contribution in [2.75, 3.05) is 19.3 Å². The van der Waals surface area contributed by atoms with Crippen LogP contribution in [0.4, 0.5) is 5.69 Å². The van der Waals surface area contributed by atoms with E-state index in [2.05, 4.69) is 0 Å². The van der Waals surface area contributed by atoms with E-state index in [1.54, 1.807) is 13.1 Å². The van der Waals surface area contributed by atoms with Crippen LogP contribution in [0.2, 0.25) is 5.02 Å². The molecule has 0 unspecified atom stereocenters. The first-order valence-electron chi connectivity index (χ1n) is 5.92. The molecule has 1 saturated carbocycles. The highest BCUT2D eigenvalue weighted by atomic mass is 35.5. The van der Waals surface area contributed by atoms with E-state index >= 15 is 0 Å². The molecule has 1 aliphatic carbocycles. The van der Waals surface area contributed by atoms with Crippen LogP contribution in [0.5, 0.6) is 0 Å². The predicted molar refractivity (Wildman–Crippen MR) is 73.0 cm³/mol. The zero-order valence-corrected chi connectivity index (χ0v) is 11.8. The molecule has 1 aromatic rings. The molecule has 0 atom stereocenters. The van der Waals surface area contributed by atoms with Crippen LogP contribution in [0.25, 0.3) is 0 Å². The van der Waals surface area contributed by atoms with Gasteiger partial charge in [0.05, 0.1) is 5.02 Å². The number of nitrogen functional groups attached to an aromatic ring is 1. The number of halogens is 1. The highest BCUT2D eigenvalue weighted by Gasteiger charge is 2.28. The Morgan fingerprint density at radius 1 is 1.44 bits per heavy atom. The summed E-state index contributed by atoms with van der Waals surface area (Å²) < 4.78 is 26.1. The molecule has 1 fully saturated rings. The summed E-state index contributed by atoms with van der Waals surface area (Å²) >= 11 is 5.95. The Morgan fingerprint density at radius 3 is 2.67 bits per heavy atom. The van der Waals surface area contributed by atoms with E-state index in [9.17, 15) is 8.42 Å². The van der Waals surface area contributed by atoms with Crippen molar-refractivity contribution < 1.29 is 8.42 Å². The quantitative estimate of drug-likeness (QED) is 0.865. The first-order valence-corrected chi connectivity index (χ1v) is 7.74. The molecule has 0 spiro atoms. The van der Waals surface area contributed by atoms with E-state index in [0.717, 1.165) is 12.8 Å². The van der Waals surface area contributed by atoms with Gasteiger partial charge >= 0.3 is 0 Å². The second-order valence-electron chi connectivity index (χ2n) is 4.77. The van der Waals surface area contributed by atoms with Gasteiger partial charge in [0, 0.05) is 19.3 Å². The number of hydrogen-bond donors (Lipinski definition) is 1. The SMILES string of the molecule is CN(CC1CCC1)S(=O)(=O)c1cc(N)ccc1Cl. The van der Waals surface area contributed by atoms with Crippen LogP contribution >= 0.6 is 11.6 Å². The summed E-state index contributed by atoms with van der Waals surface area (Å²) in [6.45, 7) is 0.549. The monoisotopic (exact) mass is 288 g/mol. The Bertz CT molecular complexity index is 541. The first kappa shape index (κ1) is 13.6. The maximum Gasteiger partial charge on any atom is 0.244 e. The van der Waals surface area contributed by atoms with Gasteiger partial charge in [-0.05, 0) is 37.0 Å². The number of rotatable bonds is 4. The minimum absolute atomic E-state index is 0.0889. The van der Waals surface area contributed by atoms with Crippen LogP contribution < -0.4 is 5.73 Å². The Hall–Kier alpha value is -0.780. The molecule has 18 heavy (non-hydrogen) atoms. The molecule has 2 N–H and O–H groups in total. The topological polar surface area (TPSA) is 63.4 Å². The summed E-state index contributed by atoms with van der Waals surface area (Å²) in [5.41, 5.74) is 6.02. The van der Waals surface area contributed by atoms with Gasteiger partial charge < -0.3 is 5.73 Å². The fourth-order valence-electron chi connectivity index (χ4n) is 2.02. The third-order valence-corrected chi connectivity index (χ3v) is 5.69. The van der Waals surface area contributed by atoms with Crippen molar-refractivity contribution >= 4 is 27.3 Å². The third kappa shape index (κ3) is 2.63. The zero-order chi connectivity index (χ0) is 13.3. The molecule has 0 aromatic heterocycles. The molecule has 0 amide bonds. The van der Waals surface area contributed by atoms with E-state index in [0.29, 0.717) is 18.2 Å². The van der Waals surface area contributed by atoms with Gasteiger partial charge in [-0.1, -0.05) is 18.0 Å². The zero-order valence-electron chi connectivity index (χ0n) is 10.3. The van der Waals surface area contributed by atoms with E-state index in [4.69, 9.17) is 17.3 Å². The highest BCUT2D eigenvalue weighted by molar-refractivity contribution is 7.89. The molecule has 6 heteroatoms. The second-order valence-corrected chi connectivity index (χ2v) is 7.19. The summed E-state index contributed by atoms with van der Waals surface area (Å²) in [5, 5.41) is 0.213. The standard InChI is InChI=1S/C12H17ClN2O2S/c1-15(8-9-3-2-4-9)18(16,17)12-7-10(14)5-6-11(12)13/h5-7,9H,2-4,8,14H2,1H3. The van der Waals surface area contributed by atoms with E-state index in [-0.39, 0.29) is 9.92 Å². The number of nitrogens with two attached hydrogens (primary N) is 1. The molecule has 1 aromatic carbocycles. The highest BCUT2D eigenvalue weighted by Crippen LogP contribution is 2.30. The van der Waals surface area contributed by atoms with Gasteiger partial charge in [0.2, 0.25) is 10.0 Å². The van der Waals surface area contributed by atoms with Crippen LogP contribution in [0.3, 0.4) is 0 Å². The fraction of sp³-hybridized carbons (Fsp3) is 0.500. The van der Waals surface area contributed by atoms with Crippen molar-refractivity contribution in [3.63, 3.8) is 0 Å². The molecule has 0 saturated heterocycles. The third-order valence-electron chi connectivity index (χ3n) is 3.38. The fourth-order valence-corrected chi connectivity index (χ4v) is 3.78. The van der Waals surface area contributed by atoms with E-state index in [1.807, 2.05) is 0 Å². The molecular weight excluding hydrogens is 272 g/mol. The largest absolute Gasteiger partial charge is 0.399 e. The molecule has 2 rings (SSSR count). The van der Waals surface area contributed by atoms with E-state index in [1.165, 1.54) is 22.9 Å². The Balaban J connectivity index is 2.25. The van der Waals surface area contributed by atoms with Crippen LogP contribution in [-0.2, 0) is 10.0 Å². The van der Waals surface area contributed by atoms with Crippen molar-refractivity contribution in [2.24, 2.45) is 5.92 Å². The lowest BCUT2D eigenvalue weighted by Crippen LogP contribution is -2.34. The minimum atomic E-state index is -3.54. The number of nitrogens with zero attached hydrogens (tertiary/aromatic N) is 1. The lowest BCUT2D eigenvalue weighted by molar-refractivity contribution is 0.263. The van der Waals surface area contributed by atoms with Crippen LogP contribution in [-0.4, -0.2) is 26.3 Å². The maximum absolute atomic E-state index is 12.4. The van der Waals surface area contributed by atoms with Gasteiger partial charge in [-0.25, -0.2) is 12.7 Å². The Kier molecular flexibility index (Phi) is 3.84. The van der Waals surface area contributed by atoms with E-state index < -0.39 is 10.0 Å². The van der Waals surface area contributed by atoms with Crippen LogP contribution in [0, 0.1) is 5.92 Å². The first-order chi connectivity index (χ1) is 8.41. The molecule has 0 radical (unpaired) electrons. The van der Waals surface area contributed by atoms with Gasteiger partial charge in [0.1, 0.15) is 4.90 Å². The van der Waals surface area contributed by atoms with Crippen molar-refractivity contribution in [3.05, 3.63) is 23.2 Å². The number of anilines is 1. The van der Waals surface area contributed by atoms with Crippen LogP contribution in [0.15, 0.2) is 23.1 Å². The predicted octanol–water partition coefficient (Wildman–Crippen LogP) is 2.34. The number of benzene rings is 1. The van der Waals surface area contributed by atoms with Gasteiger partial charge in [-0.2, -0.15) is 0 Å². The Labute approximate surface area is 113 Å². The molecule has 1 aliphatic rings. The lowest BCUT2D eigenvalue weighted by Gasteiger charge is -2.29. The van der Waals surface area contributed by atoms with Gasteiger partial charge in [-0.15, -0.1) is 0 Å². The summed E-state index contributed by atoms with van der Waals surface area (Å²) in [6, 6.07) is 4.52.